The van der Waals surface area contributed by atoms with Gasteiger partial charge in [-0.3, -0.25) is 4.79 Å². The maximum Gasteiger partial charge on any atom is 0.416 e. The molecule has 1 aromatic carbocycles. The molecule has 1 saturated heterocycles. The van der Waals surface area contributed by atoms with E-state index in [-0.39, 0.29) is 11.8 Å². The van der Waals surface area contributed by atoms with Gasteiger partial charge in [-0.15, -0.1) is 0 Å². The Hall–Kier alpha value is -2.92. The molecule has 1 fully saturated rings. The largest absolute Gasteiger partial charge is 0.416 e. The summed E-state index contributed by atoms with van der Waals surface area (Å²) in [5, 5.41) is 0. The Labute approximate surface area is 158 Å². The lowest BCUT2D eigenvalue weighted by Crippen LogP contribution is -2.58. The second kappa shape index (κ2) is 6.85. The number of amides is 1. The Balaban J connectivity index is 1.84. The molecule has 0 saturated carbocycles. The van der Waals surface area contributed by atoms with Gasteiger partial charge in [-0.25, -0.2) is 13.8 Å². The number of nitrogens with zero attached hydrogens (tertiary/aromatic N) is 3. The van der Waals surface area contributed by atoms with E-state index >= 15 is 0 Å². The van der Waals surface area contributed by atoms with E-state index in [2.05, 4.69) is 4.98 Å². The number of hydrogen-bond donors (Lipinski definition) is 0. The van der Waals surface area contributed by atoms with Crippen LogP contribution in [-0.2, 0) is 17.1 Å². The number of benzene rings is 1. The highest BCUT2D eigenvalue weighted by Crippen LogP contribution is 2.38. The molecule has 29 heavy (non-hydrogen) atoms. The molecule has 2 heterocycles. The van der Waals surface area contributed by atoms with Crippen LogP contribution >= 0.6 is 0 Å². The van der Waals surface area contributed by atoms with Crippen LogP contribution in [-0.4, -0.2) is 39.4 Å². The van der Waals surface area contributed by atoms with E-state index in [0.717, 1.165) is 34.3 Å². The van der Waals surface area contributed by atoms with E-state index < -0.39 is 54.0 Å². The van der Waals surface area contributed by atoms with Crippen LogP contribution in [0, 0.1) is 0 Å². The molecule has 2 aromatic rings. The van der Waals surface area contributed by atoms with Gasteiger partial charge in [0.15, 0.2) is 0 Å². The normalized spacial score (nSPS) is 16.9. The number of imidazole rings is 1. The summed E-state index contributed by atoms with van der Waals surface area (Å²) in [6.45, 7) is -1.45. The first-order chi connectivity index (χ1) is 13.2. The Bertz CT molecular complexity index is 918. The number of hydrogen-bond acceptors (Lipinski definition) is 2. The highest BCUT2D eigenvalue weighted by molar-refractivity contribution is 5.91. The number of aromatic nitrogens is 2. The number of carbonyl (C=O) groups is 1. The monoisotopic (exact) mass is 425 g/mol. The molecule has 0 atom stereocenters. The molecule has 0 spiro atoms. The van der Waals surface area contributed by atoms with Gasteiger partial charge < -0.3 is 9.47 Å². The van der Waals surface area contributed by atoms with E-state index in [1.54, 1.807) is 0 Å². The molecule has 0 N–H and O–H groups in total. The van der Waals surface area contributed by atoms with Gasteiger partial charge in [-0.05, 0) is 18.2 Å². The van der Waals surface area contributed by atoms with Crippen molar-refractivity contribution in [2.75, 3.05) is 13.1 Å². The summed E-state index contributed by atoms with van der Waals surface area (Å²) in [7, 11) is 0. The quantitative estimate of drug-likeness (QED) is 0.535. The van der Waals surface area contributed by atoms with Crippen molar-refractivity contribution in [2.45, 2.75) is 18.3 Å². The van der Waals surface area contributed by atoms with Gasteiger partial charge in [0.1, 0.15) is 0 Å². The second-order valence-corrected chi connectivity index (χ2v) is 6.37. The molecule has 3 rings (SSSR count). The predicted octanol–water partition coefficient (Wildman–Crippen LogP) is 4.54. The maximum absolute atomic E-state index is 12.9. The van der Waals surface area contributed by atoms with E-state index in [4.69, 9.17) is 0 Å². The first-order valence-electron chi connectivity index (χ1n) is 7.93. The molecule has 0 radical (unpaired) electrons. The lowest BCUT2D eigenvalue weighted by atomic mass is 10.0. The minimum absolute atomic E-state index is 0.00189. The minimum Gasteiger partial charge on any atom is -0.327 e. The zero-order chi connectivity index (χ0) is 21.6. The number of carbonyl (C=O) groups excluding carboxylic acids is 1. The molecular formula is C17H11F8N3O. The van der Waals surface area contributed by atoms with Gasteiger partial charge in [0.05, 0.1) is 36.2 Å². The zero-order valence-corrected chi connectivity index (χ0v) is 14.2. The van der Waals surface area contributed by atoms with Crippen molar-refractivity contribution in [3.05, 3.63) is 47.9 Å². The predicted molar refractivity (Wildman–Crippen MR) is 84.5 cm³/mol. The van der Waals surface area contributed by atoms with Gasteiger partial charge in [0.25, 0.3) is 5.92 Å². The third-order valence-corrected chi connectivity index (χ3v) is 4.03. The summed E-state index contributed by atoms with van der Waals surface area (Å²) >= 11 is 0. The van der Waals surface area contributed by atoms with Crippen LogP contribution in [0.4, 0.5) is 35.1 Å². The molecule has 0 unspecified atom stereocenters. The topological polar surface area (TPSA) is 38.1 Å². The lowest BCUT2D eigenvalue weighted by Gasteiger charge is -2.37. The smallest absolute Gasteiger partial charge is 0.327 e. The summed E-state index contributed by atoms with van der Waals surface area (Å²) in [5.41, 5.74) is -3.59. The fourth-order valence-corrected chi connectivity index (χ4v) is 2.59. The molecular weight excluding hydrogens is 414 g/mol. The molecule has 4 nitrogen and oxygen atoms in total. The first kappa shape index (κ1) is 20.8. The van der Waals surface area contributed by atoms with Crippen molar-refractivity contribution in [2.24, 2.45) is 0 Å². The van der Waals surface area contributed by atoms with Gasteiger partial charge >= 0.3 is 12.4 Å². The van der Waals surface area contributed by atoms with Crippen LogP contribution < -0.4 is 0 Å². The third kappa shape index (κ3) is 4.74. The summed E-state index contributed by atoms with van der Waals surface area (Å²) in [5.74, 6) is -3.66. The summed E-state index contributed by atoms with van der Waals surface area (Å²) < 4.78 is 104. The highest BCUT2D eigenvalue weighted by Gasteiger charge is 2.45. The Kier molecular flexibility index (Phi) is 4.91. The van der Waals surface area contributed by atoms with Crippen LogP contribution in [0.25, 0.3) is 17.5 Å². The molecule has 0 bridgehead atoms. The number of rotatable bonds is 3. The van der Waals surface area contributed by atoms with E-state index in [1.165, 1.54) is 0 Å². The minimum atomic E-state index is -5.00. The third-order valence-electron chi connectivity index (χ3n) is 4.03. The first-order valence-corrected chi connectivity index (χ1v) is 7.93. The Morgan fingerprint density at radius 3 is 2.03 bits per heavy atom. The Morgan fingerprint density at radius 1 is 1.00 bits per heavy atom. The van der Waals surface area contributed by atoms with E-state index in [9.17, 15) is 39.9 Å². The average molecular weight is 425 g/mol. The molecule has 156 valence electrons. The zero-order valence-electron chi connectivity index (χ0n) is 14.2. The fourth-order valence-electron chi connectivity index (χ4n) is 2.59. The summed E-state index contributed by atoms with van der Waals surface area (Å²) in [6.07, 6.45) is -5.79. The molecule has 1 aliphatic rings. The van der Waals surface area contributed by atoms with Crippen molar-refractivity contribution >= 4 is 12.1 Å². The van der Waals surface area contributed by atoms with E-state index in [0.29, 0.717) is 12.1 Å². The van der Waals surface area contributed by atoms with Crippen molar-refractivity contribution in [3.63, 3.8) is 0 Å². The van der Waals surface area contributed by atoms with Crippen molar-refractivity contribution in [1.82, 2.24) is 14.5 Å². The van der Waals surface area contributed by atoms with E-state index in [1.807, 2.05) is 0 Å². The van der Waals surface area contributed by atoms with Gasteiger partial charge in [0.2, 0.25) is 5.91 Å². The van der Waals surface area contributed by atoms with Crippen LogP contribution in [0.1, 0.15) is 11.1 Å². The summed E-state index contributed by atoms with van der Waals surface area (Å²) in [4.78, 5) is 16.3. The van der Waals surface area contributed by atoms with Crippen LogP contribution in [0.3, 0.4) is 0 Å². The standard InChI is InChI=1S/C17H11F8N3O/c18-15(19)7-28(8-15)14(29)1-2-27-6-13(26-9-27)10-3-11(16(20,21)22)5-12(4-10)17(23,24)25/h1-6,9H,7-8H2. The molecule has 1 aromatic heterocycles. The van der Waals surface area contributed by atoms with Gasteiger partial charge in [-0.1, -0.05) is 0 Å². The van der Waals surface area contributed by atoms with Crippen molar-refractivity contribution in [1.29, 1.82) is 0 Å². The second-order valence-electron chi connectivity index (χ2n) is 6.37. The van der Waals surface area contributed by atoms with Crippen LogP contribution in [0.15, 0.2) is 36.8 Å². The SMILES string of the molecule is O=C(C=Cn1cnc(-c2cc(C(F)(F)F)cc(C(F)(F)F)c2)c1)N1CC(F)(F)C1. The molecule has 0 aliphatic carbocycles. The van der Waals surface area contributed by atoms with Gasteiger partial charge in [-0.2, -0.15) is 26.3 Å². The highest BCUT2D eigenvalue weighted by atomic mass is 19.4. The van der Waals surface area contributed by atoms with Crippen molar-refractivity contribution in [3.8, 4) is 11.3 Å². The number of alkyl halides is 8. The van der Waals surface area contributed by atoms with Crippen molar-refractivity contribution < 1.29 is 39.9 Å². The van der Waals surface area contributed by atoms with Gasteiger partial charge in [0, 0.05) is 24.0 Å². The van der Waals surface area contributed by atoms with Crippen LogP contribution in [0.2, 0.25) is 0 Å². The fraction of sp³-hybridized carbons (Fsp3) is 0.294. The average Bonchev–Trinajstić information content (AvgIpc) is 3.04. The number of halogens is 8. The summed E-state index contributed by atoms with van der Waals surface area (Å²) in [6, 6.07) is 1.06. The maximum atomic E-state index is 12.9. The van der Waals surface area contributed by atoms with Crippen LogP contribution in [0.5, 0.6) is 0 Å². The molecule has 1 amide bonds. The molecule has 12 heteroatoms. The molecule has 1 aliphatic heterocycles. The number of likely N-dealkylation sites (tertiary alicyclic amines) is 1. The Morgan fingerprint density at radius 2 is 1.55 bits per heavy atom. The lowest BCUT2D eigenvalue weighted by molar-refractivity contribution is -0.160.